The van der Waals surface area contributed by atoms with Gasteiger partial charge in [0.05, 0.1) is 5.01 Å². The first-order valence-electron chi connectivity index (χ1n) is 7.50. The van der Waals surface area contributed by atoms with Gasteiger partial charge in [-0.15, -0.1) is 11.3 Å². The Morgan fingerprint density at radius 1 is 1.42 bits per heavy atom. The molecule has 3 rings (SSSR count). The van der Waals surface area contributed by atoms with Crippen LogP contribution in [0.5, 0.6) is 0 Å². The summed E-state index contributed by atoms with van der Waals surface area (Å²) >= 11 is 1.87. The minimum Gasteiger partial charge on any atom is -0.396 e. The lowest BCUT2D eigenvalue weighted by Crippen LogP contribution is -2.41. The molecular formula is C15H24N2OS. The number of rotatable bonds is 5. The maximum atomic E-state index is 9.56. The van der Waals surface area contributed by atoms with E-state index in [0.29, 0.717) is 12.6 Å². The first-order valence-corrected chi connectivity index (χ1v) is 8.32. The number of aromatic nitrogens is 1. The number of aliphatic hydroxyl groups is 1. The lowest BCUT2D eigenvalue weighted by Gasteiger charge is -2.30. The SMILES string of the molecule is CC1(CO)CCCC1NCc1cnc(C2CCC2)s1. The lowest BCUT2D eigenvalue weighted by molar-refractivity contribution is 0.118. The van der Waals surface area contributed by atoms with Gasteiger partial charge >= 0.3 is 0 Å². The van der Waals surface area contributed by atoms with Crippen molar-refractivity contribution in [3.8, 4) is 0 Å². The van der Waals surface area contributed by atoms with Crippen LogP contribution in [0, 0.1) is 5.41 Å². The lowest BCUT2D eigenvalue weighted by atomic mass is 9.86. The first-order chi connectivity index (χ1) is 9.21. The molecule has 3 nitrogen and oxygen atoms in total. The molecule has 2 N–H and O–H groups in total. The van der Waals surface area contributed by atoms with Crippen molar-refractivity contribution in [1.29, 1.82) is 0 Å². The summed E-state index contributed by atoms with van der Waals surface area (Å²) in [5.41, 5.74) is 0.0709. The second-order valence-corrected chi connectivity index (χ2v) is 7.58. The van der Waals surface area contributed by atoms with Gasteiger partial charge in [-0.05, 0) is 25.7 Å². The second-order valence-electron chi connectivity index (χ2n) is 6.43. The van der Waals surface area contributed by atoms with Crippen molar-refractivity contribution in [2.24, 2.45) is 5.41 Å². The van der Waals surface area contributed by atoms with Crippen molar-refractivity contribution in [2.45, 2.75) is 64.0 Å². The summed E-state index contributed by atoms with van der Waals surface area (Å²) < 4.78 is 0. The summed E-state index contributed by atoms with van der Waals surface area (Å²) in [5.74, 6) is 0.743. The Kier molecular flexibility index (Phi) is 3.92. The molecule has 2 saturated carbocycles. The molecule has 0 amide bonds. The topological polar surface area (TPSA) is 45.1 Å². The maximum Gasteiger partial charge on any atom is 0.0959 e. The van der Waals surface area contributed by atoms with Crippen LogP contribution in [0.25, 0.3) is 0 Å². The molecule has 0 aliphatic heterocycles. The highest BCUT2D eigenvalue weighted by Gasteiger charge is 2.37. The van der Waals surface area contributed by atoms with Gasteiger partial charge in [0, 0.05) is 41.6 Å². The Hall–Kier alpha value is -0.450. The van der Waals surface area contributed by atoms with Crippen molar-refractivity contribution >= 4 is 11.3 Å². The number of aliphatic hydroxyl groups excluding tert-OH is 1. The van der Waals surface area contributed by atoms with Gasteiger partial charge in [0.1, 0.15) is 0 Å². The van der Waals surface area contributed by atoms with Gasteiger partial charge in [0.2, 0.25) is 0 Å². The minimum absolute atomic E-state index is 0.0709. The predicted molar refractivity (Wildman–Crippen MR) is 78.4 cm³/mol. The van der Waals surface area contributed by atoms with E-state index in [4.69, 9.17) is 0 Å². The van der Waals surface area contributed by atoms with Crippen LogP contribution in [0.4, 0.5) is 0 Å². The summed E-state index contributed by atoms with van der Waals surface area (Å²) in [6.07, 6.45) is 9.61. The smallest absolute Gasteiger partial charge is 0.0959 e. The van der Waals surface area contributed by atoms with Gasteiger partial charge in [-0.2, -0.15) is 0 Å². The molecule has 2 aliphatic rings. The van der Waals surface area contributed by atoms with Crippen molar-refractivity contribution in [2.75, 3.05) is 6.61 Å². The Morgan fingerprint density at radius 3 is 2.95 bits per heavy atom. The third-order valence-corrected chi connectivity index (χ3v) is 6.15. The zero-order valence-electron chi connectivity index (χ0n) is 11.7. The molecule has 2 aliphatic carbocycles. The van der Waals surface area contributed by atoms with Gasteiger partial charge in [-0.1, -0.05) is 19.8 Å². The van der Waals surface area contributed by atoms with Crippen LogP contribution in [0.15, 0.2) is 6.20 Å². The zero-order valence-corrected chi connectivity index (χ0v) is 12.5. The van der Waals surface area contributed by atoms with Crippen LogP contribution in [0.3, 0.4) is 0 Å². The summed E-state index contributed by atoms with van der Waals surface area (Å²) in [6.45, 7) is 3.40. The maximum absolute atomic E-state index is 9.56. The summed E-state index contributed by atoms with van der Waals surface area (Å²) in [4.78, 5) is 5.91. The molecule has 106 valence electrons. The molecule has 4 heteroatoms. The Balaban J connectivity index is 1.55. The number of hydrogen-bond acceptors (Lipinski definition) is 4. The van der Waals surface area contributed by atoms with E-state index in [1.807, 2.05) is 17.5 Å². The van der Waals surface area contributed by atoms with Crippen LogP contribution in [0.1, 0.15) is 61.3 Å². The molecular weight excluding hydrogens is 256 g/mol. The molecule has 2 fully saturated rings. The number of nitrogens with zero attached hydrogens (tertiary/aromatic N) is 1. The Bertz CT molecular complexity index is 430. The second kappa shape index (κ2) is 5.51. The van der Waals surface area contributed by atoms with Gasteiger partial charge in [0.15, 0.2) is 0 Å². The van der Waals surface area contributed by atoms with E-state index in [9.17, 15) is 5.11 Å². The van der Waals surface area contributed by atoms with Gasteiger partial charge in [-0.25, -0.2) is 4.98 Å². The molecule has 0 saturated heterocycles. The van der Waals surface area contributed by atoms with Crippen LogP contribution in [0.2, 0.25) is 0 Å². The van der Waals surface area contributed by atoms with Crippen molar-refractivity contribution in [3.63, 3.8) is 0 Å². The highest BCUT2D eigenvalue weighted by Crippen LogP contribution is 2.39. The molecule has 2 unspecified atom stereocenters. The van der Waals surface area contributed by atoms with Gasteiger partial charge < -0.3 is 10.4 Å². The van der Waals surface area contributed by atoms with E-state index in [0.717, 1.165) is 18.9 Å². The third-order valence-electron chi connectivity index (χ3n) is 4.99. The normalized spacial score (nSPS) is 31.6. The average molecular weight is 280 g/mol. The van der Waals surface area contributed by atoms with Gasteiger partial charge in [-0.3, -0.25) is 0 Å². The predicted octanol–water partition coefficient (Wildman–Crippen LogP) is 3.05. The fourth-order valence-corrected chi connectivity index (χ4v) is 4.28. The molecule has 2 atom stereocenters. The van der Waals surface area contributed by atoms with Crippen LogP contribution < -0.4 is 5.32 Å². The number of nitrogens with one attached hydrogen (secondary N) is 1. The molecule has 0 radical (unpaired) electrons. The van der Waals surface area contributed by atoms with E-state index < -0.39 is 0 Å². The van der Waals surface area contributed by atoms with Crippen molar-refractivity contribution < 1.29 is 5.11 Å². The van der Waals surface area contributed by atoms with E-state index in [1.54, 1.807) is 0 Å². The Labute approximate surface area is 119 Å². The first kappa shape index (κ1) is 13.5. The molecule has 19 heavy (non-hydrogen) atoms. The van der Waals surface area contributed by atoms with Crippen LogP contribution in [-0.2, 0) is 6.54 Å². The van der Waals surface area contributed by atoms with E-state index in [1.165, 1.54) is 42.0 Å². The van der Waals surface area contributed by atoms with Crippen molar-refractivity contribution in [1.82, 2.24) is 10.3 Å². The largest absolute Gasteiger partial charge is 0.396 e. The summed E-state index contributed by atoms with van der Waals surface area (Å²) in [7, 11) is 0. The zero-order chi connectivity index (χ0) is 13.3. The molecule has 0 spiro atoms. The fraction of sp³-hybridized carbons (Fsp3) is 0.800. The molecule has 1 aromatic heterocycles. The summed E-state index contributed by atoms with van der Waals surface area (Å²) in [6, 6.07) is 0.451. The van der Waals surface area contributed by atoms with Crippen LogP contribution >= 0.6 is 11.3 Å². The highest BCUT2D eigenvalue weighted by atomic mass is 32.1. The van der Waals surface area contributed by atoms with Gasteiger partial charge in [0.25, 0.3) is 0 Å². The van der Waals surface area contributed by atoms with E-state index in [2.05, 4.69) is 17.2 Å². The summed E-state index contributed by atoms with van der Waals surface area (Å²) in [5, 5.41) is 14.5. The number of hydrogen-bond donors (Lipinski definition) is 2. The van der Waals surface area contributed by atoms with E-state index >= 15 is 0 Å². The quantitative estimate of drug-likeness (QED) is 0.871. The Morgan fingerprint density at radius 2 is 2.26 bits per heavy atom. The monoisotopic (exact) mass is 280 g/mol. The fourth-order valence-electron chi connectivity index (χ4n) is 3.24. The van der Waals surface area contributed by atoms with Crippen molar-refractivity contribution in [3.05, 3.63) is 16.1 Å². The number of thiazole rings is 1. The van der Waals surface area contributed by atoms with E-state index in [-0.39, 0.29) is 5.41 Å². The molecule has 0 bridgehead atoms. The molecule has 0 aromatic carbocycles. The highest BCUT2D eigenvalue weighted by molar-refractivity contribution is 7.11. The average Bonchev–Trinajstić information content (AvgIpc) is 2.93. The molecule has 1 heterocycles. The standard InChI is InChI=1S/C15H24N2OS/c1-15(10-18)7-3-6-13(15)16-8-12-9-17-14(19-12)11-4-2-5-11/h9,11,13,16,18H,2-8,10H2,1H3. The minimum atomic E-state index is 0.0709. The third kappa shape index (κ3) is 2.71. The molecule has 1 aromatic rings. The van der Waals surface area contributed by atoms with Crippen LogP contribution in [-0.4, -0.2) is 22.7 Å².